The van der Waals surface area contributed by atoms with Gasteiger partial charge in [-0.1, -0.05) is 42.0 Å². The Morgan fingerprint density at radius 2 is 1.59 bits per heavy atom. The fraction of sp³-hybridized carbons (Fsp3) is 0.333. The summed E-state index contributed by atoms with van der Waals surface area (Å²) in [6, 6.07) is 15.4. The van der Waals surface area contributed by atoms with Crippen LogP contribution in [0.25, 0.3) is 0 Å². The van der Waals surface area contributed by atoms with Crippen molar-refractivity contribution in [1.82, 2.24) is 9.80 Å². The first-order chi connectivity index (χ1) is 13.0. The van der Waals surface area contributed by atoms with Gasteiger partial charge in [0.05, 0.1) is 17.8 Å². The second-order valence-electron chi connectivity index (χ2n) is 7.00. The van der Waals surface area contributed by atoms with Crippen molar-refractivity contribution in [2.75, 3.05) is 38.0 Å². The smallest absolute Gasteiger partial charge is 0.250 e. The zero-order valence-electron chi connectivity index (χ0n) is 15.6. The lowest BCUT2D eigenvalue weighted by Crippen LogP contribution is -2.48. The molecule has 2 aromatic rings. The topological polar surface area (TPSA) is 78.7 Å². The van der Waals surface area contributed by atoms with Gasteiger partial charge in [0, 0.05) is 32.7 Å². The molecule has 0 spiro atoms. The zero-order valence-corrected chi connectivity index (χ0v) is 15.6. The highest BCUT2D eigenvalue weighted by Crippen LogP contribution is 2.15. The van der Waals surface area contributed by atoms with Crippen LogP contribution in [0.1, 0.15) is 21.5 Å². The van der Waals surface area contributed by atoms with E-state index in [1.807, 2.05) is 0 Å². The third kappa shape index (κ3) is 5.39. The summed E-state index contributed by atoms with van der Waals surface area (Å²) in [5.41, 5.74) is 8.73. The molecule has 0 aromatic heterocycles. The van der Waals surface area contributed by atoms with Crippen molar-refractivity contribution in [2.24, 2.45) is 5.73 Å². The van der Waals surface area contributed by atoms with E-state index in [2.05, 4.69) is 46.3 Å². The van der Waals surface area contributed by atoms with Crippen LogP contribution in [0, 0.1) is 6.92 Å². The fourth-order valence-electron chi connectivity index (χ4n) is 3.26. The molecule has 27 heavy (non-hydrogen) atoms. The van der Waals surface area contributed by atoms with Gasteiger partial charge < -0.3 is 11.1 Å². The molecule has 3 N–H and O–H groups in total. The Labute approximate surface area is 159 Å². The molecule has 1 saturated heterocycles. The van der Waals surface area contributed by atoms with Gasteiger partial charge in [-0.05, 0) is 24.6 Å². The first kappa shape index (κ1) is 19.1. The van der Waals surface area contributed by atoms with Crippen LogP contribution in [0.3, 0.4) is 0 Å². The molecule has 1 heterocycles. The molecule has 2 aromatic carbocycles. The van der Waals surface area contributed by atoms with Gasteiger partial charge in [0.1, 0.15) is 0 Å². The maximum absolute atomic E-state index is 12.3. The number of primary amides is 1. The summed E-state index contributed by atoms with van der Waals surface area (Å²) in [6.07, 6.45) is 0. The van der Waals surface area contributed by atoms with Gasteiger partial charge >= 0.3 is 0 Å². The van der Waals surface area contributed by atoms with Crippen molar-refractivity contribution in [2.45, 2.75) is 13.5 Å². The molecule has 142 valence electrons. The van der Waals surface area contributed by atoms with Crippen LogP contribution >= 0.6 is 0 Å². The first-order valence-electron chi connectivity index (χ1n) is 9.20. The van der Waals surface area contributed by atoms with Crippen LogP contribution < -0.4 is 11.1 Å². The van der Waals surface area contributed by atoms with Gasteiger partial charge in [0.2, 0.25) is 5.91 Å². The predicted molar refractivity (Wildman–Crippen MR) is 106 cm³/mol. The number of rotatable bonds is 6. The molecule has 0 atom stereocenters. The van der Waals surface area contributed by atoms with Crippen molar-refractivity contribution in [3.8, 4) is 0 Å². The molecular formula is C21H26N4O2. The SMILES string of the molecule is Cc1ccc(CN2CCN(CC(=O)Nc3ccccc3C(N)=O)CC2)cc1. The molecule has 6 nitrogen and oxygen atoms in total. The van der Waals surface area contributed by atoms with Gasteiger partial charge in [-0.3, -0.25) is 19.4 Å². The molecule has 1 fully saturated rings. The van der Waals surface area contributed by atoms with E-state index >= 15 is 0 Å². The molecule has 1 aliphatic rings. The van der Waals surface area contributed by atoms with Crippen LogP contribution in [-0.4, -0.2) is 54.3 Å². The van der Waals surface area contributed by atoms with E-state index in [4.69, 9.17) is 5.73 Å². The molecule has 1 aliphatic heterocycles. The van der Waals surface area contributed by atoms with E-state index < -0.39 is 5.91 Å². The number of nitrogens with two attached hydrogens (primary N) is 1. The molecule has 0 saturated carbocycles. The molecule has 0 bridgehead atoms. The minimum Gasteiger partial charge on any atom is -0.366 e. The number of hydrogen-bond acceptors (Lipinski definition) is 4. The molecule has 0 unspecified atom stereocenters. The van der Waals surface area contributed by atoms with E-state index in [1.54, 1.807) is 24.3 Å². The first-order valence-corrected chi connectivity index (χ1v) is 9.20. The van der Waals surface area contributed by atoms with E-state index in [1.165, 1.54) is 11.1 Å². The summed E-state index contributed by atoms with van der Waals surface area (Å²) >= 11 is 0. The van der Waals surface area contributed by atoms with Gasteiger partial charge in [-0.25, -0.2) is 0 Å². The van der Waals surface area contributed by atoms with Gasteiger partial charge in [-0.2, -0.15) is 0 Å². The van der Waals surface area contributed by atoms with Crippen LogP contribution in [0.15, 0.2) is 48.5 Å². The Morgan fingerprint density at radius 3 is 2.26 bits per heavy atom. The van der Waals surface area contributed by atoms with Crippen molar-refractivity contribution >= 4 is 17.5 Å². The summed E-state index contributed by atoms with van der Waals surface area (Å²) in [6.45, 7) is 6.89. The normalized spacial score (nSPS) is 15.4. The second kappa shape index (κ2) is 8.79. The highest BCUT2D eigenvalue weighted by atomic mass is 16.2. The zero-order chi connectivity index (χ0) is 19.2. The van der Waals surface area contributed by atoms with Crippen LogP contribution in [0.5, 0.6) is 0 Å². The number of hydrogen-bond donors (Lipinski definition) is 2. The summed E-state index contributed by atoms with van der Waals surface area (Å²) in [5.74, 6) is -0.675. The number of benzene rings is 2. The summed E-state index contributed by atoms with van der Waals surface area (Å²) in [4.78, 5) is 28.3. The number of nitrogens with zero attached hydrogens (tertiary/aromatic N) is 2. The van der Waals surface area contributed by atoms with Gasteiger partial charge in [-0.15, -0.1) is 0 Å². The summed E-state index contributed by atoms with van der Waals surface area (Å²) in [7, 11) is 0. The Hall–Kier alpha value is -2.70. The second-order valence-corrected chi connectivity index (χ2v) is 7.00. The maximum atomic E-state index is 12.3. The molecule has 0 aliphatic carbocycles. The van der Waals surface area contributed by atoms with E-state index in [0.29, 0.717) is 17.8 Å². The molecule has 2 amide bonds. The highest BCUT2D eigenvalue weighted by Gasteiger charge is 2.19. The third-order valence-electron chi connectivity index (χ3n) is 4.83. The Kier molecular flexibility index (Phi) is 6.21. The number of carbonyl (C=O) groups is 2. The number of piperazine rings is 1. The minimum atomic E-state index is -0.546. The van der Waals surface area contributed by atoms with Crippen molar-refractivity contribution in [3.63, 3.8) is 0 Å². The van der Waals surface area contributed by atoms with Crippen molar-refractivity contribution < 1.29 is 9.59 Å². The summed E-state index contributed by atoms with van der Waals surface area (Å²) in [5, 5.41) is 2.80. The van der Waals surface area contributed by atoms with Crippen molar-refractivity contribution in [3.05, 3.63) is 65.2 Å². The van der Waals surface area contributed by atoms with E-state index in [9.17, 15) is 9.59 Å². The Balaban J connectivity index is 1.47. The molecule has 6 heteroatoms. The Bertz CT molecular complexity index is 796. The van der Waals surface area contributed by atoms with Crippen molar-refractivity contribution in [1.29, 1.82) is 0 Å². The van der Waals surface area contributed by atoms with E-state index in [0.717, 1.165) is 32.7 Å². The number of carbonyl (C=O) groups excluding carboxylic acids is 2. The van der Waals surface area contributed by atoms with Crippen LogP contribution in [0.2, 0.25) is 0 Å². The lowest BCUT2D eigenvalue weighted by molar-refractivity contribution is -0.117. The van der Waals surface area contributed by atoms with Gasteiger partial charge in [0.25, 0.3) is 5.91 Å². The number of aryl methyl sites for hydroxylation is 1. The number of amides is 2. The van der Waals surface area contributed by atoms with Crippen LogP contribution in [0.4, 0.5) is 5.69 Å². The summed E-state index contributed by atoms with van der Waals surface area (Å²) < 4.78 is 0. The maximum Gasteiger partial charge on any atom is 0.250 e. The van der Waals surface area contributed by atoms with E-state index in [-0.39, 0.29) is 5.91 Å². The quantitative estimate of drug-likeness (QED) is 0.818. The third-order valence-corrected chi connectivity index (χ3v) is 4.83. The van der Waals surface area contributed by atoms with Gasteiger partial charge in [0.15, 0.2) is 0 Å². The standard InChI is InChI=1S/C21H26N4O2/c1-16-6-8-17(9-7-16)14-24-10-12-25(13-11-24)15-20(26)23-19-5-3-2-4-18(19)21(22)27/h2-9H,10-15H2,1H3,(H2,22,27)(H,23,26). The molecule has 0 radical (unpaired) electrons. The monoisotopic (exact) mass is 366 g/mol. The average molecular weight is 366 g/mol. The molecular weight excluding hydrogens is 340 g/mol. The minimum absolute atomic E-state index is 0.129. The highest BCUT2D eigenvalue weighted by molar-refractivity contribution is 6.03. The number of para-hydroxylation sites is 1. The Morgan fingerprint density at radius 1 is 0.963 bits per heavy atom. The van der Waals surface area contributed by atoms with Crippen LogP contribution in [-0.2, 0) is 11.3 Å². The lowest BCUT2D eigenvalue weighted by Gasteiger charge is -2.34. The predicted octanol–water partition coefficient (Wildman–Crippen LogP) is 1.85. The number of anilines is 1. The average Bonchev–Trinajstić information content (AvgIpc) is 2.65. The fourth-order valence-corrected chi connectivity index (χ4v) is 3.26. The number of nitrogens with one attached hydrogen (secondary N) is 1. The lowest BCUT2D eigenvalue weighted by atomic mass is 10.1. The molecule has 3 rings (SSSR count). The largest absolute Gasteiger partial charge is 0.366 e.